The number of rotatable bonds is 4. The number of methoxy groups -OCH3 is 2. The van der Waals surface area contributed by atoms with Crippen molar-refractivity contribution in [3.8, 4) is 11.5 Å². The van der Waals surface area contributed by atoms with Crippen LogP contribution in [0.5, 0.6) is 11.5 Å². The second-order valence-corrected chi connectivity index (χ2v) is 6.49. The lowest BCUT2D eigenvalue weighted by molar-refractivity contribution is 0.354. The molecular weight excluding hydrogens is 340 g/mol. The molecule has 1 heterocycles. The molecule has 0 fully saturated rings. The van der Waals surface area contributed by atoms with Crippen LogP contribution in [0.4, 0.5) is 0 Å². The van der Waals surface area contributed by atoms with Gasteiger partial charge in [0, 0.05) is 9.35 Å². The second kappa shape index (κ2) is 6.11. The Balaban J connectivity index is 2.46. The summed E-state index contributed by atoms with van der Waals surface area (Å²) in [6, 6.07) is 3.46. The van der Waals surface area contributed by atoms with Crippen LogP contribution in [-0.4, -0.2) is 19.2 Å². The van der Waals surface area contributed by atoms with Gasteiger partial charge in [-0.1, -0.05) is 15.9 Å². The molecule has 1 aromatic carbocycles. The van der Waals surface area contributed by atoms with Crippen LogP contribution in [0.25, 0.3) is 0 Å². The van der Waals surface area contributed by atoms with Gasteiger partial charge < -0.3 is 15.2 Å². The van der Waals surface area contributed by atoms with Crippen molar-refractivity contribution in [2.24, 2.45) is 5.73 Å². The Labute approximate surface area is 131 Å². The van der Waals surface area contributed by atoms with Gasteiger partial charge in [-0.25, -0.2) is 4.98 Å². The molecule has 4 nitrogen and oxygen atoms in total. The van der Waals surface area contributed by atoms with Crippen LogP contribution in [0, 0.1) is 13.8 Å². The third-order valence-electron chi connectivity index (χ3n) is 3.15. The molecule has 0 radical (unpaired) electrons. The molecule has 0 aliphatic rings. The highest BCUT2D eigenvalue weighted by molar-refractivity contribution is 9.10. The van der Waals surface area contributed by atoms with Crippen molar-refractivity contribution in [1.29, 1.82) is 0 Å². The predicted molar refractivity (Wildman–Crippen MR) is 84.9 cm³/mol. The fourth-order valence-corrected chi connectivity index (χ4v) is 3.38. The van der Waals surface area contributed by atoms with Gasteiger partial charge in [0.15, 0.2) is 11.5 Å². The van der Waals surface area contributed by atoms with Crippen LogP contribution in [0.1, 0.15) is 27.2 Å². The van der Waals surface area contributed by atoms with Crippen LogP contribution in [-0.2, 0) is 0 Å². The van der Waals surface area contributed by atoms with E-state index in [1.165, 1.54) is 4.88 Å². The fourth-order valence-electron chi connectivity index (χ4n) is 1.87. The number of benzene rings is 1. The average molecular weight is 357 g/mol. The molecule has 20 heavy (non-hydrogen) atoms. The molecule has 0 aliphatic carbocycles. The number of ether oxygens (including phenoxy) is 2. The maximum atomic E-state index is 6.34. The molecule has 0 saturated carbocycles. The SMILES string of the molecule is COc1cc(Br)c(C(N)c2nc(C)c(C)s2)cc1OC. The van der Waals surface area contributed by atoms with Gasteiger partial charge in [0.05, 0.1) is 26.0 Å². The molecule has 0 bridgehead atoms. The van der Waals surface area contributed by atoms with Crippen molar-refractivity contribution in [3.63, 3.8) is 0 Å². The number of nitrogens with two attached hydrogens (primary N) is 1. The summed E-state index contributed by atoms with van der Waals surface area (Å²) < 4.78 is 11.5. The number of nitrogens with zero attached hydrogens (tertiary/aromatic N) is 1. The topological polar surface area (TPSA) is 57.4 Å². The lowest BCUT2D eigenvalue weighted by Crippen LogP contribution is -2.12. The summed E-state index contributed by atoms with van der Waals surface area (Å²) in [6.45, 7) is 4.04. The van der Waals surface area contributed by atoms with Crippen LogP contribution in [0.2, 0.25) is 0 Å². The first-order valence-electron chi connectivity index (χ1n) is 6.08. The molecule has 2 rings (SSSR count). The summed E-state index contributed by atoms with van der Waals surface area (Å²) in [5.74, 6) is 1.33. The van der Waals surface area contributed by atoms with E-state index in [0.717, 1.165) is 20.7 Å². The Kier molecular flexibility index (Phi) is 4.67. The molecule has 0 aliphatic heterocycles. The highest BCUT2D eigenvalue weighted by Gasteiger charge is 2.19. The van der Waals surface area contributed by atoms with Crippen molar-refractivity contribution in [3.05, 3.63) is 37.7 Å². The Hall–Kier alpha value is -1.11. The predicted octanol–water partition coefficient (Wildman–Crippen LogP) is 3.59. The smallest absolute Gasteiger partial charge is 0.161 e. The maximum Gasteiger partial charge on any atom is 0.161 e. The van der Waals surface area contributed by atoms with Crippen molar-refractivity contribution < 1.29 is 9.47 Å². The number of aromatic nitrogens is 1. The normalized spacial score (nSPS) is 12.3. The zero-order valence-electron chi connectivity index (χ0n) is 11.9. The number of hydrogen-bond acceptors (Lipinski definition) is 5. The van der Waals surface area contributed by atoms with Gasteiger partial charge in [0.1, 0.15) is 5.01 Å². The van der Waals surface area contributed by atoms with Gasteiger partial charge in [0.25, 0.3) is 0 Å². The minimum absolute atomic E-state index is 0.290. The zero-order valence-corrected chi connectivity index (χ0v) is 14.3. The van der Waals surface area contributed by atoms with Crippen LogP contribution < -0.4 is 15.2 Å². The van der Waals surface area contributed by atoms with Gasteiger partial charge in [-0.2, -0.15) is 0 Å². The van der Waals surface area contributed by atoms with Crippen LogP contribution in [0.15, 0.2) is 16.6 Å². The molecule has 0 spiro atoms. The molecule has 1 unspecified atom stereocenters. The molecule has 1 atom stereocenters. The standard InChI is InChI=1S/C14H17BrN2O2S/c1-7-8(2)20-14(17-7)13(16)9-5-11(18-3)12(19-4)6-10(9)15/h5-6,13H,16H2,1-4H3. The molecular formula is C14H17BrN2O2S. The van der Waals surface area contributed by atoms with E-state index in [4.69, 9.17) is 15.2 Å². The maximum absolute atomic E-state index is 6.34. The van der Waals surface area contributed by atoms with E-state index in [1.807, 2.05) is 26.0 Å². The summed E-state index contributed by atoms with van der Waals surface area (Å²) >= 11 is 5.16. The summed E-state index contributed by atoms with van der Waals surface area (Å²) in [4.78, 5) is 5.71. The molecule has 6 heteroatoms. The number of thiazole rings is 1. The minimum Gasteiger partial charge on any atom is -0.493 e. The molecule has 1 aromatic heterocycles. The summed E-state index contributed by atoms with van der Waals surface area (Å²) in [7, 11) is 3.22. The Morgan fingerprint density at radius 2 is 1.80 bits per heavy atom. The summed E-state index contributed by atoms with van der Waals surface area (Å²) in [6.07, 6.45) is 0. The number of halogens is 1. The first-order valence-corrected chi connectivity index (χ1v) is 7.69. The highest BCUT2D eigenvalue weighted by atomic mass is 79.9. The first kappa shape index (κ1) is 15.3. The van der Waals surface area contributed by atoms with E-state index in [1.54, 1.807) is 25.6 Å². The van der Waals surface area contributed by atoms with E-state index in [2.05, 4.69) is 20.9 Å². The van der Waals surface area contributed by atoms with Crippen LogP contribution >= 0.6 is 27.3 Å². The second-order valence-electron chi connectivity index (χ2n) is 4.40. The summed E-state index contributed by atoms with van der Waals surface area (Å²) in [5, 5.41) is 0.896. The average Bonchev–Trinajstić information content (AvgIpc) is 2.77. The van der Waals surface area contributed by atoms with Crippen molar-refractivity contribution in [2.45, 2.75) is 19.9 Å². The molecule has 0 saturated heterocycles. The summed E-state index contributed by atoms with van der Waals surface area (Å²) in [5.41, 5.74) is 8.29. The first-order chi connectivity index (χ1) is 9.47. The largest absolute Gasteiger partial charge is 0.493 e. The zero-order chi connectivity index (χ0) is 14.9. The van der Waals surface area contributed by atoms with Gasteiger partial charge in [-0.3, -0.25) is 0 Å². The van der Waals surface area contributed by atoms with Crippen LogP contribution in [0.3, 0.4) is 0 Å². The van der Waals surface area contributed by atoms with E-state index < -0.39 is 0 Å². The lowest BCUT2D eigenvalue weighted by atomic mass is 10.1. The lowest BCUT2D eigenvalue weighted by Gasteiger charge is -2.15. The number of aryl methyl sites for hydroxylation is 2. The van der Waals surface area contributed by atoms with E-state index in [-0.39, 0.29) is 6.04 Å². The molecule has 108 valence electrons. The quantitative estimate of drug-likeness (QED) is 0.909. The highest BCUT2D eigenvalue weighted by Crippen LogP contribution is 2.38. The van der Waals surface area contributed by atoms with Crippen molar-refractivity contribution in [2.75, 3.05) is 14.2 Å². The minimum atomic E-state index is -0.290. The van der Waals surface area contributed by atoms with Crippen molar-refractivity contribution in [1.82, 2.24) is 4.98 Å². The molecule has 0 amide bonds. The van der Waals surface area contributed by atoms with Gasteiger partial charge in [-0.15, -0.1) is 11.3 Å². The Morgan fingerprint density at radius 3 is 2.30 bits per heavy atom. The Bertz CT molecular complexity index is 608. The van der Waals surface area contributed by atoms with E-state index >= 15 is 0 Å². The van der Waals surface area contributed by atoms with Gasteiger partial charge in [0.2, 0.25) is 0 Å². The fraction of sp³-hybridized carbons (Fsp3) is 0.357. The third-order valence-corrected chi connectivity index (χ3v) is 4.99. The monoisotopic (exact) mass is 356 g/mol. The van der Waals surface area contributed by atoms with Crippen molar-refractivity contribution >= 4 is 27.3 Å². The third kappa shape index (κ3) is 2.82. The molecule has 2 aromatic rings. The van der Waals surface area contributed by atoms with E-state index in [0.29, 0.717) is 11.5 Å². The molecule has 2 N–H and O–H groups in total. The van der Waals surface area contributed by atoms with E-state index in [9.17, 15) is 0 Å². The van der Waals surface area contributed by atoms with Gasteiger partial charge in [-0.05, 0) is 31.5 Å². The Morgan fingerprint density at radius 1 is 1.20 bits per heavy atom. The van der Waals surface area contributed by atoms with Gasteiger partial charge >= 0.3 is 0 Å². The number of hydrogen-bond donors (Lipinski definition) is 1.